The van der Waals surface area contributed by atoms with Gasteiger partial charge in [-0.2, -0.15) is 0 Å². The molecule has 0 aliphatic heterocycles. The van der Waals surface area contributed by atoms with E-state index >= 15 is 0 Å². The highest BCUT2D eigenvalue weighted by Gasteiger charge is 2.68. The van der Waals surface area contributed by atoms with E-state index in [4.69, 9.17) is 9.47 Å². The molecule has 0 amide bonds. The van der Waals surface area contributed by atoms with E-state index in [-0.39, 0.29) is 12.3 Å². The lowest BCUT2D eigenvalue weighted by atomic mass is 9.66. The van der Waals surface area contributed by atoms with Crippen LogP contribution in [-0.2, 0) is 23.9 Å². The number of fused-ring (bicyclic) bond motifs is 1. The minimum absolute atomic E-state index is 0.194. The van der Waals surface area contributed by atoms with Crippen LogP contribution in [0.5, 0.6) is 0 Å². The minimum atomic E-state index is -1.91. The normalized spacial score (nSPS) is 38.3. The first-order chi connectivity index (χ1) is 14.7. The minimum Gasteiger partial charge on any atom is -0.458 e. The summed E-state index contributed by atoms with van der Waals surface area (Å²) in [6.07, 6.45) is 1.51. The summed E-state index contributed by atoms with van der Waals surface area (Å²) in [6, 6.07) is 0. The van der Waals surface area contributed by atoms with E-state index in [1.54, 1.807) is 46.8 Å². The molecule has 2 aliphatic rings. The van der Waals surface area contributed by atoms with Crippen LogP contribution in [0.25, 0.3) is 0 Å². The molecule has 0 radical (unpaired) electrons. The maximum atomic E-state index is 13.5. The summed E-state index contributed by atoms with van der Waals surface area (Å²) >= 11 is 0. The monoisotopic (exact) mass is 450 g/mol. The Morgan fingerprint density at radius 3 is 1.97 bits per heavy atom. The smallest absolute Gasteiger partial charge is 0.334 e. The molecule has 0 aromatic carbocycles. The molecule has 6 atom stereocenters. The number of rotatable bonds is 5. The Bertz CT molecular complexity index is 837. The van der Waals surface area contributed by atoms with E-state index in [2.05, 4.69) is 0 Å². The number of hydrogen-bond donors (Lipinski definition) is 2. The highest BCUT2D eigenvalue weighted by atomic mass is 16.6. The topological polar surface area (TPSA) is 110 Å². The van der Waals surface area contributed by atoms with Crippen molar-refractivity contribution in [3.63, 3.8) is 0 Å². The van der Waals surface area contributed by atoms with Crippen molar-refractivity contribution < 1.29 is 34.1 Å². The number of ketones is 1. The van der Waals surface area contributed by atoms with Crippen LogP contribution in [0.3, 0.4) is 0 Å². The molecule has 180 valence electrons. The van der Waals surface area contributed by atoms with Crippen molar-refractivity contribution in [2.24, 2.45) is 17.3 Å². The molecule has 0 saturated heterocycles. The third-order valence-electron chi connectivity index (χ3n) is 7.64. The summed E-state index contributed by atoms with van der Waals surface area (Å²) in [7, 11) is 0. The van der Waals surface area contributed by atoms with Crippen LogP contribution < -0.4 is 0 Å². The van der Waals surface area contributed by atoms with Gasteiger partial charge in [-0.1, -0.05) is 32.9 Å². The van der Waals surface area contributed by atoms with E-state index < -0.39 is 52.5 Å². The molecular formula is C25H38O7. The summed E-state index contributed by atoms with van der Waals surface area (Å²) in [5.74, 6) is -2.80. The third kappa shape index (κ3) is 4.42. The second-order valence-electron chi connectivity index (χ2n) is 10.1. The van der Waals surface area contributed by atoms with Crippen molar-refractivity contribution in [2.75, 3.05) is 0 Å². The summed E-state index contributed by atoms with van der Waals surface area (Å²) in [4.78, 5) is 38.8. The quantitative estimate of drug-likeness (QED) is 0.488. The van der Waals surface area contributed by atoms with Crippen molar-refractivity contribution in [1.82, 2.24) is 0 Å². The lowest BCUT2D eigenvalue weighted by Crippen LogP contribution is -2.54. The van der Waals surface area contributed by atoms with E-state index in [9.17, 15) is 24.6 Å². The van der Waals surface area contributed by atoms with Crippen LogP contribution in [0.4, 0.5) is 0 Å². The van der Waals surface area contributed by atoms with E-state index in [1.165, 1.54) is 6.92 Å². The number of allylic oxidation sites excluding steroid dienone is 2. The van der Waals surface area contributed by atoms with Gasteiger partial charge in [0.25, 0.3) is 0 Å². The van der Waals surface area contributed by atoms with Gasteiger partial charge in [-0.15, -0.1) is 0 Å². The van der Waals surface area contributed by atoms with Crippen molar-refractivity contribution in [2.45, 2.75) is 98.1 Å². The van der Waals surface area contributed by atoms with E-state index in [1.807, 2.05) is 13.8 Å². The maximum absolute atomic E-state index is 13.5. The largest absolute Gasteiger partial charge is 0.458 e. The third-order valence-corrected chi connectivity index (χ3v) is 7.64. The Hall–Kier alpha value is -1.99. The number of aliphatic hydroxyl groups is 2. The van der Waals surface area contributed by atoms with Gasteiger partial charge in [0.1, 0.15) is 11.7 Å². The lowest BCUT2D eigenvalue weighted by Gasteiger charge is -2.44. The first-order valence-corrected chi connectivity index (χ1v) is 11.3. The molecule has 2 rings (SSSR count). The average molecular weight is 451 g/mol. The maximum Gasteiger partial charge on any atom is 0.334 e. The van der Waals surface area contributed by atoms with Gasteiger partial charge in [-0.25, -0.2) is 9.59 Å². The zero-order valence-corrected chi connectivity index (χ0v) is 20.5. The molecule has 0 unspecified atom stereocenters. The molecule has 2 fully saturated rings. The number of carbonyl (C=O) groups excluding carboxylic acids is 3. The van der Waals surface area contributed by atoms with Gasteiger partial charge < -0.3 is 19.7 Å². The fourth-order valence-corrected chi connectivity index (χ4v) is 5.20. The molecule has 2 N–H and O–H groups in total. The number of hydrogen-bond acceptors (Lipinski definition) is 7. The van der Waals surface area contributed by atoms with E-state index in [0.29, 0.717) is 24.0 Å². The van der Waals surface area contributed by atoms with Gasteiger partial charge in [0.2, 0.25) is 5.78 Å². The molecule has 7 nitrogen and oxygen atoms in total. The number of ether oxygens (including phenoxy) is 2. The van der Waals surface area contributed by atoms with Gasteiger partial charge in [-0.3, -0.25) is 4.79 Å². The average Bonchev–Trinajstić information content (AvgIpc) is 2.98. The summed E-state index contributed by atoms with van der Waals surface area (Å²) in [6.45, 7) is 13.5. The second-order valence-corrected chi connectivity index (χ2v) is 10.1. The zero-order valence-electron chi connectivity index (χ0n) is 20.5. The standard InChI is InChI=1S/C25H38O7/c1-9-15(5)21(27)31-17-13-24(8,29)19(26)20(32-22(28)16(6)10-2)23(7)11-12-25(30,14(3)4)18(17)23/h9-10,14,17-18,20,29-30H,11-13H2,1-8H3/b15-9-,16-10-/t17-,18-,20+,23-,24+,25+/m0/s1. The Morgan fingerprint density at radius 1 is 1.00 bits per heavy atom. The molecule has 2 aliphatic carbocycles. The molecular weight excluding hydrogens is 412 g/mol. The lowest BCUT2D eigenvalue weighted by molar-refractivity contribution is -0.176. The predicted octanol–water partition coefficient (Wildman–Crippen LogP) is 3.27. The Morgan fingerprint density at radius 2 is 1.50 bits per heavy atom. The fourth-order valence-electron chi connectivity index (χ4n) is 5.20. The van der Waals surface area contributed by atoms with Gasteiger partial charge in [-0.05, 0) is 53.4 Å². The SMILES string of the molecule is C/C=C(/C)C(=O)O[C@H]1C[C@@](C)(O)C(=O)[C@@H](OC(=O)/C(C)=C\C)[C@@]2(C)CC[C@@](O)(C(C)C)[C@@H]12. The molecule has 0 aromatic heterocycles. The zero-order chi connectivity index (χ0) is 24.6. The van der Waals surface area contributed by atoms with Gasteiger partial charge in [0.15, 0.2) is 6.10 Å². The highest BCUT2D eigenvalue weighted by Crippen LogP contribution is 2.59. The molecule has 0 aromatic rings. The summed E-state index contributed by atoms with van der Waals surface area (Å²) < 4.78 is 11.5. The van der Waals surface area contributed by atoms with Crippen LogP contribution >= 0.6 is 0 Å². The van der Waals surface area contributed by atoms with Crippen LogP contribution in [-0.4, -0.2) is 51.3 Å². The predicted molar refractivity (Wildman–Crippen MR) is 119 cm³/mol. The number of carbonyl (C=O) groups is 3. The molecule has 0 spiro atoms. The Balaban J connectivity index is 2.67. The van der Waals surface area contributed by atoms with Crippen molar-refractivity contribution in [3.05, 3.63) is 23.3 Å². The first-order valence-electron chi connectivity index (χ1n) is 11.3. The molecule has 32 heavy (non-hydrogen) atoms. The van der Waals surface area contributed by atoms with Crippen LogP contribution in [0, 0.1) is 17.3 Å². The van der Waals surface area contributed by atoms with Crippen molar-refractivity contribution >= 4 is 17.7 Å². The first kappa shape index (κ1) is 26.3. The number of Topliss-reactive ketones (excluding diaryl/α,β-unsaturated/α-hetero) is 1. The summed E-state index contributed by atoms with van der Waals surface area (Å²) in [5, 5.41) is 22.9. The van der Waals surface area contributed by atoms with Gasteiger partial charge in [0.05, 0.1) is 5.60 Å². The Labute approximate surface area is 190 Å². The van der Waals surface area contributed by atoms with Gasteiger partial charge >= 0.3 is 11.9 Å². The molecule has 7 heteroatoms. The molecule has 0 heterocycles. The van der Waals surface area contributed by atoms with Crippen molar-refractivity contribution in [1.29, 1.82) is 0 Å². The Kier molecular flexibility index (Phi) is 7.47. The van der Waals surface area contributed by atoms with Gasteiger partial charge in [0, 0.05) is 28.9 Å². The fraction of sp³-hybridized carbons (Fsp3) is 0.720. The van der Waals surface area contributed by atoms with Crippen LogP contribution in [0.15, 0.2) is 23.3 Å². The van der Waals surface area contributed by atoms with E-state index in [0.717, 1.165) is 0 Å². The van der Waals surface area contributed by atoms with Crippen LogP contribution in [0.1, 0.15) is 74.7 Å². The highest BCUT2D eigenvalue weighted by molar-refractivity contribution is 5.96. The van der Waals surface area contributed by atoms with Crippen molar-refractivity contribution in [3.8, 4) is 0 Å². The molecule has 0 bridgehead atoms. The number of esters is 2. The second kappa shape index (κ2) is 9.10. The molecule has 2 saturated carbocycles. The van der Waals surface area contributed by atoms with Crippen LogP contribution in [0.2, 0.25) is 0 Å². The summed E-state index contributed by atoms with van der Waals surface area (Å²) in [5.41, 5.74) is -3.49.